The quantitative estimate of drug-likeness (QED) is 0.387. The van der Waals surface area contributed by atoms with Crippen LogP contribution in [0, 0.1) is 5.92 Å². The Hall–Kier alpha value is -2.24. The minimum Gasteiger partial charge on any atom is -0.327 e. The Morgan fingerprint density at radius 2 is 1.65 bits per heavy atom. The molecule has 8 heteroatoms. The second kappa shape index (κ2) is 10.5. The van der Waals surface area contributed by atoms with Gasteiger partial charge in [0.1, 0.15) is 0 Å². The summed E-state index contributed by atoms with van der Waals surface area (Å²) >= 11 is 0. The first-order chi connectivity index (χ1) is 11.1. The molecule has 0 radical (unpaired) electrons. The fourth-order valence-electron chi connectivity index (χ4n) is 2.57. The smallest absolute Gasteiger partial charge is 0.0413 e. The van der Waals surface area contributed by atoms with Crippen molar-refractivity contribution in [3.05, 3.63) is 56.3 Å². The van der Waals surface area contributed by atoms with Crippen LogP contribution in [-0.2, 0) is 12.8 Å². The molecule has 0 aliphatic heterocycles. The minimum absolute atomic E-state index is 0.147. The summed E-state index contributed by atoms with van der Waals surface area (Å²) < 4.78 is 0. The third-order valence-electron chi connectivity index (χ3n) is 3.85. The highest BCUT2D eigenvalue weighted by molar-refractivity contribution is 5.25. The van der Waals surface area contributed by atoms with Gasteiger partial charge in [-0.15, -0.1) is 0 Å². The Morgan fingerprint density at radius 1 is 1.04 bits per heavy atom. The molecule has 0 fully saturated rings. The summed E-state index contributed by atoms with van der Waals surface area (Å²) in [6.45, 7) is 2.68. The molecular weight excluding hydrogens is 292 g/mol. The van der Waals surface area contributed by atoms with Crippen LogP contribution < -0.4 is 11.5 Å². The van der Waals surface area contributed by atoms with E-state index in [0.29, 0.717) is 13.0 Å². The monoisotopic (exact) mass is 316 g/mol. The number of hydrogen-bond donors (Lipinski definition) is 2. The predicted molar refractivity (Wildman–Crippen MR) is 91.6 cm³/mol. The van der Waals surface area contributed by atoms with E-state index in [0.717, 1.165) is 18.4 Å². The summed E-state index contributed by atoms with van der Waals surface area (Å²) in [6, 6.07) is 7.85. The molecule has 1 rings (SSSR count). The standard InChI is InChI=1S/C15H24N8/c1-2-13(15(17)10-21-23-19)7-11-4-3-5-12(6-11)8-14(16)9-20-22-18/h3-6,13-15H,2,7-10,16-17H2,1H3/t13-,14+,15-/m1/s1. The van der Waals surface area contributed by atoms with Gasteiger partial charge in [-0.25, -0.2) is 0 Å². The fourth-order valence-corrected chi connectivity index (χ4v) is 2.57. The van der Waals surface area contributed by atoms with Crippen molar-refractivity contribution in [2.24, 2.45) is 27.6 Å². The van der Waals surface area contributed by atoms with Crippen molar-refractivity contribution >= 4 is 0 Å². The summed E-state index contributed by atoms with van der Waals surface area (Å²) in [5, 5.41) is 7.07. The molecule has 0 heterocycles. The van der Waals surface area contributed by atoms with Gasteiger partial charge in [0.05, 0.1) is 0 Å². The Balaban J connectivity index is 2.70. The Labute approximate surface area is 136 Å². The lowest BCUT2D eigenvalue weighted by Gasteiger charge is -2.21. The summed E-state index contributed by atoms with van der Waals surface area (Å²) in [5.41, 5.74) is 31.1. The van der Waals surface area contributed by atoms with Crippen LogP contribution in [0.5, 0.6) is 0 Å². The SMILES string of the molecule is CC[C@H](Cc1cccc(C[C@H](N)CN=[N+]=[N-])c1)[C@H](N)CN=[N+]=[N-]. The first-order valence-corrected chi connectivity index (χ1v) is 7.71. The van der Waals surface area contributed by atoms with Gasteiger partial charge in [-0.05, 0) is 40.9 Å². The predicted octanol–water partition coefficient (Wildman–Crippen LogP) is 3.07. The number of hydrogen-bond acceptors (Lipinski definition) is 4. The lowest BCUT2D eigenvalue weighted by Crippen LogP contribution is -2.33. The van der Waals surface area contributed by atoms with Gasteiger partial charge in [0, 0.05) is 35.0 Å². The van der Waals surface area contributed by atoms with Crippen molar-refractivity contribution in [2.45, 2.75) is 38.3 Å². The molecule has 0 saturated carbocycles. The summed E-state index contributed by atoms with van der Waals surface area (Å²) in [5.74, 6) is 0.257. The molecule has 4 N–H and O–H groups in total. The number of nitrogens with zero attached hydrogens (tertiary/aromatic N) is 6. The zero-order chi connectivity index (χ0) is 17.1. The van der Waals surface area contributed by atoms with E-state index in [1.54, 1.807) is 0 Å². The van der Waals surface area contributed by atoms with Crippen molar-refractivity contribution in [1.82, 2.24) is 0 Å². The maximum atomic E-state index is 8.40. The highest BCUT2D eigenvalue weighted by Gasteiger charge is 2.16. The van der Waals surface area contributed by atoms with Crippen molar-refractivity contribution in [1.29, 1.82) is 0 Å². The Kier molecular flexibility index (Phi) is 8.57. The van der Waals surface area contributed by atoms with Gasteiger partial charge >= 0.3 is 0 Å². The molecule has 0 amide bonds. The largest absolute Gasteiger partial charge is 0.327 e. The highest BCUT2D eigenvalue weighted by Crippen LogP contribution is 2.17. The number of azide groups is 2. The molecule has 0 aliphatic rings. The van der Waals surface area contributed by atoms with Crippen LogP contribution in [0.15, 0.2) is 34.5 Å². The van der Waals surface area contributed by atoms with Crippen LogP contribution in [0.3, 0.4) is 0 Å². The molecule has 0 unspecified atom stereocenters. The summed E-state index contributed by atoms with van der Waals surface area (Å²) in [7, 11) is 0. The van der Waals surface area contributed by atoms with E-state index in [1.807, 2.05) is 12.1 Å². The Bertz CT molecular complexity index is 575. The van der Waals surface area contributed by atoms with E-state index in [1.165, 1.54) is 5.56 Å². The van der Waals surface area contributed by atoms with Crippen LogP contribution in [-0.4, -0.2) is 25.2 Å². The lowest BCUT2D eigenvalue weighted by atomic mass is 9.89. The molecule has 0 aromatic heterocycles. The molecule has 124 valence electrons. The molecule has 0 bridgehead atoms. The number of benzene rings is 1. The molecule has 1 aromatic carbocycles. The van der Waals surface area contributed by atoms with Gasteiger partial charge in [0.15, 0.2) is 0 Å². The zero-order valence-corrected chi connectivity index (χ0v) is 13.4. The molecule has 0 saturated heterocycles. The van der Waals surface area contributed by atoms with Gasteiger partial charge in [-0.3, -0.25) is 0 Å². The third kappa shape index (κ3) is 7.04. The summed E-state index contributed by atoms with van der Waals surface area (Å²) in [6.07, 6.45) is 2.41. The topological polar surface area (TPSA) is 150 Å². The first kappa shape index (κ1) is 18.8. The molecule has 23 heavy (non-hydrogen) atoms. The molecule has 0 spiro atoms. The van der Waals surface area contributed by atoms with Crippen LogP contribution >= 0.6 is 0 Å². The number of nitrogens with two attached hydrogens (primary N) is 2. The average molecular weight is 316 g/mol. The third-order valence-corrected chi connectivity index (χ3v) is 3.85. The van der Waals surface area contributed by atoms with E-state index in [9.17, 15) is 0 Å². The molecule has 1 aromatic rings. The normalized spacial score (nSPS) is 14.2. The first-order valence-electron chi connectivity index (χ1n) is 7.71. The second-order valence-electron chi connectivity index (χ2n) is 5.65. The van der Waals surface area contributed by atoms with Crippen LogP contribution in [0.25, 0.3) is 20.9 Å². The van der Waals surface area contributed by atoms with Crippen LogP contribution in [0.4, 0.5) is 0 Å². The van der Waals surface area contributed by atoms with Crippen molar-refractivity contribution in [3.63, 3.8) is 0 Å². The second-order valence-corrected chi connectivity index (χ2v) is 5.65. The van der Waals surface area contributed by atoms with E-state index < -0.39 is 0 Å². The Morgan fingerprint density at radius 3 is 2.26 bits per heavy atom. The maximum Gasteiger partial charge on any atom is 0.0413 e. The fraction of sp³-hybridized carbons (Fsp3) is 0.600. The van der Waals surface area contributed by atoms with Gasteiger partial charge in [0.25, 0.3) is 0 Å². The van der Waals surface area contributed by atoms with Crippen LogP contribution in [0.2, 0.25) is 0 Å². The van der Waals surface area contributed by atoms with Gasteiger partial charge in [-0.2, -0.15) is 0 Å². The van der Waals surface area contributed by atoms with E-state index in [-0.39, 0.29) is 24.5 Å². The van der Waals surface area contributed by atoms with Crippen molar-refractivity contribution in [3.8, 4) is 0 Å². The lowest BCUT2D eigenvalue weighted by molar-refractivity contribution is 0.410. The van der Waals surface area contributed by atoms with E-state index in [2.05, 4.69) is 39.1 Å². The van der Waals surface area contributed by atoms with Gasteiger partial charge in [-0.1, -0.05) is 47.8 Å². The van der Waals surface area contributed by atoms with Crippen molar-refractivity contribution in [2.75, 3.05) is 13.1 Å². The molecular formula is C15H24N8. The van der Waals surface area contributed by atoms with E-state index >= 15 is 0 Å². The molecule has 3 atom stereocenters. The van der Waals surface area contributed by atoms with Crippen molar-refractivity contribution < 1.29 is 0 Å². The molecule has 8 nitrogen and oxygen atoms in total. The average Bonchev–Trinajstić information content (AvgIpc) is 2.56. The number of rotatable bonds is 10. The highest BCUT2D eigenvalue weighted by atomic mass is 15.1. The van der Waals surface area contributed by atoms with Gasteiger partial charge in [0.2, 0.25) is 0 Å². The molecule has 0 aliphatic carbocycles. The minimum atomic E-state index is -0.185. The van der Waals surface area contributed by atoms with E-state index in [4.69, 9.17) is 22.5 Å². The van der Waals surface area contributed by atoms with Crippen LogP contribution in [0.1, 0.15) is 24.5 Å². The van der Waals surface area contributed by atoms with Gasteiger partial charge < -0.3 is 11.5 Å². The zero-order valence-electron chi connectivity index (χ0n) is 13.4. The summed E-state index contributed by atoms with van der Waals surface area (Å²) in [4.78, 5) is 5.49. The maximum absolute atomic E-state index is 8.40.